The minimum Gasteiger partial charge on any atom is -0.381 e. The van der Waals surface area contributed by atoms with Crippen LogP contribution in [0.4, 0.5) is 0 Å². The molecule has 1 aliphatic heterocycles. The van der Waals surface area contributed by atoms with Gasteiger partial charge in [0.05, 0.1) is 12.0 Å². The summed E-state index contributed by atoms with van der Waals surface area (Å²) < 4.78 is 7.71. The summed E-state index contributed by atoms with van der Waals surface area (Å²) in [5.74, 6) is 0.721. The Hall–Kier alpha value is -0.870. The van der Waals surface area contributed by atoms with Crippen LogP contribution in [0.1, 0.15) is 31.5 Å². The maximum Gasteiger partial charge on any atom is 0.0951 e. The number of imidazole rings is 1. The first-order valence-electron chi connectivity index (χ1n) is 6.06. The third kappa shape index (κ3) is 2.44. The van der Waals surface area contributed by atoms with Crippen molar-refractivity contribution in [2.45, 2.75) is 32.4 Å². The van der Waals surface area contributed by atoms with Gasteiger partial charge in [-0.2, -0.15) is 0 Å². The number of nitrogens with one attached hydrogen (secondary N) is 1. The predicted octanol–water partition coefficient (Wildman–Crippen LogP) is 1.59. The number of nitrogens with zero attached hydrogens (tertiary/aromatic N) is 2. The lowest BCUT2D eigenvalue weighted by molar-refractivity contribution is 0.0509. The first-order chi connectivity index (χ1) is 7.83. The van der Waals surface area contributed by atoms with E-state index in [2.05, 4.69) is 21.8 Å². The van der Waals surface area contributed by atoms with Crippen LogP contribution < -0.4 is 5.32 Å². The monoisotopic (exact) mass is 223 g/mol. The maximum absolute atomic E-state index is 5.41. The Balaban J connectivity index is 2.06. The van der Waals surface area contributed by atoms with E-state index in [4.69, 9.17) is 4.74 Å². The van der Waals surface area contributed by atoms with Crippen LogP contribution in [0.3, 0.4) is 0 Å². The lowest BCUT2D eigenvalue weighted by Crippen LogP contribution is -2.25. The molecule has 0 aliphatic carbocycles. The summed E-state index contributed by atoms with van der Waals surface area (Å²) in [5.41, 5.74) is 1.27. The van der Waals surface area contributed by atoms with Crippen molar-refractivity contribution in [3.63, 3.8) is 0 Å². The molecule has 16 heavy (non-hydrogen) atoms. The Bertz CT molecular complexity index is 318. The molecule has 0 saturated carbocycles. The molecule has 1 aromatic heterocycles. The number of hydrogen-bond acceptors (Lipinski definition) is 3. The van der Waals surface area contributed by atoms with E-state index in [1.165, 1.54) is 18.5 Å². The van der Waals surface area contributed by atoms with E-state index in [0.29, 0.717) is 6.04 Å². The summed E-state index contributed by atoms with van der Waals surface area (Å²) in [5, 5.41) is 3.18. The normalized spacial score (nSPS) is 19.9. The van der Waals surface area contributed by atoms with Crippen LogP contribution in [-0.4, -0.2) is 29.8 Å². The maximum atomic E-state index is 5.41. The van der Waals surface area contributed by atoms with Gasteiger partial charge in [0.25, 0.3) is 0 Å². The van der Waals surface area contributed by atoms with Crippen LogP contribution in [-0.2, 0) is 11.3 Å². The first kappa shape index (κ1) is 11.6. The average Bonchev–Trinajstić information content (AvgIpc) is 2.78. The molecule has 1 aromatic rings. The van der Waals surface area contributed by atoms with Gasteiger partial charge in [-0.15, -0.1) is 0 Å². The fraction of sp³-hybridized carbons (Fsp3) is 0.750. The number of ether oxygens (including phenoxy) is 1. The van der Waals surface area contributed by atoms with E-state index in [1.54, 1.807) is 0 Å². The molecule has 4 heteroatoms. The zero-order valence-corrected chi connectivity index (χ0v) is 10.1. The zero-order valence-electron chi connectivity index (χ0n) is 10.1. The van der Waals surface area contributed by atoms with Gasteiger partial charge in [0.15, 0.2) is 0 Å². The molecule has 2 heterocycles. The van der Waals surface area contributed by atoms with E-state index in [1.807, 2.05) is 19.6 Å². The molecular weight excluding hydrogens is 202 g/mol. The quantitative estimate of drug-likeness (QED) is 0.842. The smallest absolute Gasteiger partial charge is 0.0951 e. The second kappa shape index (κ2) is 5.46. The topological polar surface area (TPSA) is 39.1 Å². The Labute approximate surface area is 97.0 Å². The van der Waals surface area contributed by atoms with Crippen molar-refractivity contribution in [1.29, 1.82) is 0 Å². The van der Waals surface area contributed by atoms with E-state index in [-0.39, 0.29) is 0 Å². The minimum atomic E-state index is 0.523. The van der Waals surface area contributed by atoms with Crippen LogP contribution in [0.15, 0.2) is 12.5 Å². The Morgan fingerprint density at radius 2 is 2.31 bits per heavy atom. The summed E-state index contributed by atoms with van der Waals surface area (Å²) in [7, 11) is 1.97. The first-order valence-corrected chi connectivity index (χ1v) is 6.06. The molecule has 1 unspecified atom stereocenters. The highest BCUT2D eigenvalue weighted by Gasteiger charge is 2.22. The fourth-order valence-electron chi connectivity index (χ4n) is 2.44. The van der Waals surface area contributed by atoms with E-state index < -0.39 is 0 Å². The second-order valence-electron chi connectivity index (χ2n) is 4.51. The highest BCUT2D eigenvalue weighted by atomic mass is 16.5. The molecule has 2 rings (SSSR count). The molecular formula is C12H21N3O. The zero-order chi connectivity index (χ0) is 11.4. The van der Waals surface area contributed by atoms with Gasteiger partial charge in [0.2, 0.25) is 0 Å². The van der Waals surface area contributed by atoms with Crippen molar-refractivity contribution in [3.8, 4) is 0 Å². The number of aromatic nitrogens is 2. The van der Waals surface area contributed by atoms with Gasteiger partial charge in [-0.25, -0.2) is 4.98 Å². The Kier molecular flexibility index (Phi) is 3.96. The lowest BCUT2D eigenvalue weighted by Gasteiger charge is -2.29. The molecule has 90 valence electrons. The molecule has 1 N–H and O–H groups in total. The number of hydrogen-bond donors (Lipinski definition) is 1. The van der Waals surface area contributed by atoms with Crippen molar-refractivity contribution in [2.75, 3.05) is 20.3 Å². The summed E-state index contributed by atoms with van der Waals surface area (Å²) >= 11 is 0. The van der Waals surface area contributed by atoms with Gasteiger partial charge < -0.3 is 14.6 Å². The van der Waals surface area contributed by atoms with Crippen molar-refractivity contribution >= 4 is 0 Å². The van der Waals surface area contributed by atoms with Crippen LogP contribution in [0, 0.1) is 5.92 Å². The largest absolute Gasteiger partial charge is 0.381 e. The molecule has 1 fully saturated rings. The van der Waals surface area contributed by atoms with Gasteiger partial charge in [0, 0.05) is 32.0 Å². The highest BCUT2D eigenvalue weighted by Crippen LogP contribution is 2.28. The average molecular weight is 223 g/mol. The standard InChI is InChI=1S/C12H21N3O/c1-10(11-3-5-16-6-4-11)15-9-14-8-12(15)7-13-2/h8-11,13H,3-7H2,1-2H3. The van der Waals surface area contributed by atoms with E-state index >= 15 is 0 Å². The molecule has 0 amide bonds. The van der Waals surface area contributed by atoms with Crippen molar-refractivity contribution in [3.05, 3.63) is 18.2 Å². The summed E-state index contributed by atoms with van der Waals surface area (Å²) in [6, 6.07) is 0.523. The fourth-order valence-corrected chi connectivity index (χ4v) is 2.44. The van der Waals surface area contributed by atoms with Crippen LogP contribution in [0.5, 0.6) is 0 Å². The third-order valence-corrected chi connectivity index (χ3v) is 3.49. The molecule has 0 spiro atoms. The van der Waals surface area contributed by atoms with Gasteiger partial charge in [-0.05, 0) is 32.7 Å². The van der Waals surface area contributed by atoms with Crippen molar-refractivity contribution in [2.24, 2.45) is 5.92 Å². The minimum absolute atomic E-state index is 0.523. The summed E-state index contributed by atoms with van der Waals surface area (Å²) in [4.78, 5) is 4.25. The molecule has 1 saturated heterocycles. The lowest BCUT2D eigenvalue weighted by atomic mass is 9.92. The molecule has 1 aliphatic rings. The van der Waals surface area contributed by atoms with Gasteiger partial charge in [-0.3, -0.25) is 0 Å². The van der Waals surface area contributed by atoms with E-state index in [9.17, 15) is 0 Å². The molecule has 0 bridgehead atoms. The van der Waals surface area contributed by atoms with E-state index in [0.717, 1.165) is 25.7 Å². The van der Waals surface area contributed by atoms with Crippen molar-refractivity contribution in [1.82, 2.24) is 14.9 Å². The van der Waals surface area contributed by atoms with Gasteiger partial charge in [0.1, 0.15) is 0 Å². The van der Waals surface area contributed by atoms with Crippen LogP contribution >= 0.6 is 0 Å². The third-order valence-electron chi connectivity index (χ3n) is 3.49. The van der Waals surface area contributed by atoms with Crippen LogP contribution in [0.25, 0.3) is 0 Å². The predicted molar refractivity (Wildman–Crippen MR) is 63.2 cm³/mol. The van der Waals surface area contributed by atoms with Crippen molar-refractivity contribution < 1.29 is 4.74 Å². The molecule has 0 radical (unpaired) electrons. The van der Waals surface area contributed by atoms with Gasteiger partial charge in [-0.1, -0.05) is 0 Å². The Morgan fingerprint density at radius 3 is 3.00 bits per heavy atom. The second-order valence-corrected chi connectivity index (χ2v) is 4.51. The Morgan fingerprint density at radius 1 is 1.56 bits per heavy atom. The molecule has 0 aromatic carbocycles. The number of rotatable bonds is 4. The summed E-state index contributed by atoms with van der Waals surface area (Å²) in [6.07, 6.45) is 6.23. The van der Waals surface area contributed by atoms with Gasteiger partial charge >= 0.3 is 0 Å². The summed E-state index contributed by atoms with van der Waals surface area (Å²) in [6.45, 7) is 4.99. The molecule has 1 atom stereocenters. The molecule has 4 nitrogen and oxygen atoms in total. The highest BCUT2D eigenvalue weighted by molar-refractivity contribution is 5.00. The SMILES string of the molecule is CNCc1cncn1C(C)C1CCOCC1. The van der Waals surface area contributed by atoms with Crippen LogP contribution in [0.2, 0.25) is 0 Å².